The average molecular weight is 290 g/mol. The largest absolute Gasteiger partial charge is 0.381 e. The number of anilines is 2. The molecule has 7 heteroatoms. The van der Waals surface area contributed by atoms with E-state index >= 15 is 0 Å². The first-order valence-electron chi connectivity index (χ1n) is 7.51. The van der Waals surface area contributed by atoms with Crippen LogP contribution >= 0.6 is 0 Å². The highest BCUT2D eigenvalue weighted by Crippen LogP contribution is 2.25. The number of ether oxygens (including phenoxy) is 1. The Bertz CT molecular complexity index is 592. The summed E-state index contributed by atoms with van der Waals surface area (Å²) in [6.07, 6.45) is 4.14. The number of aromatic nitrogens is 4. The van der Waals surface area contributed by atoms with E-state index in [1.165, 1.54) is 6.42 Å². The highest BCUT2D eigenvalue weighted by Gasteiger charge is 2.19. The van der Waals surface area contributed by atoms with Crippen molar-refractivity contribution in [3.8, 4) is 0 Å². The van der Waals surface area contributed by atoms with Gasteiger partial charge >= 0.3 is 0 Å². The smallest absolute Gasteiger partial charge is 0.226 e. The van der Waals surface area contributed by atoms with Gasteiger partial charge in [-0.3, -0.25) is 5.10 Å². The Hall–Kier alpha value is -1.89. The Balaban J connectivity index is 1.84. The van der Waals surface area contributed by atoms with Gasteiger partial charge < -0.3 is 15.0 Å². The zero-order valence-electron chi connectivity index (χ0n) is 12.6. The molecule has 0 bridgehead atoms. The SMILES string of the molecule is CCNc1nc(N(C)CC2CCCOC2)c2cn[nH]c2n1. The molecule has 3 rings (SSSR count). The molecule has 1 aliphatic heterocycles. The fourth-order valence-electron chi connectivity index (χ4n) is 2.77. The maximum absolute atomic E-state index is 5.56. The standard InChI is InChI=1S/C14H22N6O/c1-3-15-14-17-12-11(7-16-19-12)13(18-14)20(2)8-10-5-4-6-21-9-10/h7,10H,3-6,8-9H2,1-2H3,(H2,15,16,17,18,19). The Labute approximate surface area is 124 Å². The maximum Gasteiger partial charge on any atom is 0.226 e. The number of rotatable bonds is 5. The highest BCUT2D eigenvalue weighted by atomic mass is 16.5. The molecule has 114 valence electrons. The summed E-state index contributed by atoms with van der Waals surface area (Å²) in [6.45, 7) is 5.49. The summed E-state index contributed by atoms with van der Waals surface area (Å²) >= 11 is 0. The summed E-state index contributed by atoms with van der Waals surface area (Å²) in [5.41, 5.74) is 0.766. The van der Waals surface area contributed by atoms with E-state index in [1.807, 2.05) is 6.92 Å². The van der Waals surface area contributed by atoms with Crippen LogP contribution in [0.5, 0.6) is 0 Å². The van der Waals surface area contributed by atoms with Crippen molar-refractivity contribution >= 4 is 22.8 Å². The molecule has 2 aromatic rings. The average Bonchev–Trinajstić information content (AvgIpc) is 2.96. The van der Waals surface area contributed by atoms with Crippen LogP contribution < -0.4 is 10.2 Å². The molecule has 1 unspecified atom stereocenters. The minimum absolute atomic E-state index is 0.559. The summed E-state index contributed by atoms with van der Waals surface area (Å²) in [6, 6.07) is 0. The molecule has 0 aromatic carbocycles. The lowest BCUT2D eigenvalue weighted by molar-refractivity contribution is 0.0576. The van der Waals surface area contributed by atoms with Gasteiger partial charge in [-0.2, -0.15) is 15.1 Å². The summed E-state index contributed by atoms with van der Waals surface area (Å²) in [4.78, 5) is 11.2. The fourth-order valence-corrected chi connectivity index (χ4v) is 2.77. The van der Waals surface area contributed by atoms with E-state index in [4.69, 9.17) is 4.74 Å². The van der Waals surface area contributed by atoms with Crippen LogP contribution in [-0.2, 0) is 4.74 Å². The molecule has 0 amide bonds. The van der Waals surface area contributed by atoms with Crippen molar-refractivity contribution in [2.45, 2.75) is 19.8 Å². The van der Waals surface area contributed by atoms with Crippen LogP contribution in [0.4, 0.5) is 11.8 Å². The van der Waals surface area contributed by atoms with Gasteiger partial charge in [0.1, 0.15) is 5.82 Å². The molecule has 0 spiro atoms. The fraction of sp³-hybridized carbons (Fsp3) is 0.643. The van der Waals surface area contributed by atoms with Crippen LogP contribution in [0, 0.1) is 5.92 Å². The molecule has 1 aliphatic rings. The molecule has 7 nitrogen and oxygen atoms in total. The first kappa shape index (κ1) is 14.1. The van der Waals surface area contributed by atoms with Gasteiger partial charge in [0.05, 0.1) is 18.2 Å². The molecule has 2 N–H and O–H groups in total. The van der Waals surface area contributed by atoms with Gasteiger partial charge in [-0.25, -0.2) is 0 Å². The lowest BCUT2D eigenvalue weighted by atomic mass is 10.0. The van der Waals surface area contributed by atoms with Gasteiger partial charge in [0.25, 0.3) is 0 Å². The van der Waals surface area contributed by atoms with Crippen LogP contribution in [0.25, 0.3) is 11.0 Å². The summed E-state index contributed by atoms with van der Waals surface area (Å²) in [5.74, 6) is 2.11. The van der Waals surface area contributed by atoms with Gasteiger partial charge in [-0.05, 0) is 25.7 Å². The van der Waals surface area contributed by atoms with E-state index in [9.17, 15) is 0 Å². The minimum Gasteiger partial charge on any atom is -0.381 e. The number of H-pyrrole nitrogens is 1. The van der Waals surface area contributed by atoms with Crippen LogP contribution in [-0.4, -0.2) is 53.5 Å². The summed E-state index contributed by atoms with van der Waals surface area (Å²) < 4.78 is 5.56. The molecule has 21 heavy (non-hydrogen) atoms. The molecule has 2 aromatic heterocycles. The maximum atomic E-state index is 5.56. The van der Waals surface area contributed by atoms with Gasteiger partial charge in [0.2, 0.25) is 5.95 Å². The van der Waals surface area contributed by atoms with Crippen LogP contribution in [0.1, 0.15) is 19.8 Å². The number of aromatic amines is 1. The van der Waals surface area contributed by atoms with Crippen molar-refractivity contribution in [1.82, 2.24) is 20.2 Å². The van der Waals surface area contributed by atoms with Crippen LogP contribution in [0.3, 0.4) is 0 Å². The summed E-state index contributed by atoms with van der Waals surface area (Å²) in [5, 5.41) is 11.1. The predicted molar refractivity (Wildman–Crippen MR) is 82.7 cm³/mol. The van der Waals surface area contributed by atoms with Crippen LogP contribution in [0.15, 0.2) is 6.20 Å². The minimum atomic E-state index is 0.559. The van der Waals surface area contributed by atoms with Crippen molar-refractivity contribution < 1.29 is 4.74 Å². The molecular weight excluding hydrogens is 268 g/mol. The lowest BCUT2D eigenvalue weighted by Gasteiger charge is -2.28. The third-order valence-corrected chi connectivity index (χ3v) is 3.77. The normalized spacial score (nSPS) is 18.9. The van der Waals surface area contributed by atoms with Gasteiger partial charge in [0.15, 0.2) is 5.65 Å². The molecule has 1 saturated heterocycles. The third-order valence-electron chi connectivity index (χ3n) is 3.77. The topological polar surface area (TPSA) is 79.0 Å². The lowest BCUT2D eigenvalue weighted by Crippen LogP contribution is -2.31. The predicted octanol–water partition coefficient (Wildman–Crippen LogP) is 1.65. The van der Waals surface area contributed by atoms with Crippen molar-refractivity contribution in [2.24, 2.45) is 5.92 Å². The van der Waals surface area contributed by atoms with E-state index in [-0.39, 0.29) is 0 Å². The second-order valence-electron chi connectivity index (χ2n) is 5.50. The Kier molecular flexibility index (Phi) is 4.19. The van der Waals surface area contributed by atoms with E-state index in [0.717, 1.165) is 49.6 Å². The molecular formula is C14H22N6O. The number of nitrogens with one attached hydrogen (secondary N) is 2. The Morgan fingerprint density at radius 1 is 1.48 bits per heavy atom. The van der Waals surface area contributed by atoms with E-state index < -0.39 is 0 Å². The molecule has 0 aliphatic carbocycles. The highest BCUT2D eigenvalue weighted by molar-refractivity contribution is 5.87. The zero-order valence-corrected chi connectivity index (χ0v) is 12.6. The van der Waals surface area contributed by atoms with Gasteiger partial charge in [-0.1, -0.05) is 0 Å². The van der Waals surface area contributed by atoms with Crippen molar-refractivity contribution in [1.29, 1.82) is 0 Å². The molecule has 1 atom stereocenters. The first-order valence-corrected chi connectivity index (χ1v) is 7.51. The number of hydrogen-bond donors (Lipinski definition) is 2. The molecule has 1 fully saturated rings. The second-order valence-corrected chi connectivity index (χ2v) is 5.50. The van der Waals surface area contributed by atoms with E-state index in [1.54, 1.807) is 6.20 Å². The number of nitrogens with zero attached hydrogens (tertiary/aromatic N) is 4. The first-order chi connectivity index (χ1) is 10.3. The number of fused-ring (bicyclic) bond motifs is 1. The Morgan fingerprint density at radius 3 is 3.14 bits per heavy atom. The molecule has 3 heterocycles. The zero-order chi connectivity index (χ0) is 14.7. The quantitative estimate of drug-likeness (QED) is 0.871. The van der Waals surface area contributed by atoms with E-state index in [2.05, 4.69) is 37.4 Å². The van der Waals surface area contributed by atoms with Crippen LogP contribution in [0.2, 0.25) is 0 Å². The third kappa shape index (κ3) is 3.07. The van der Waals surface area contributed by atoms with Gasteiger partial charge in [-0.15, -0.1) is 0 Å². The number of hydrogen-bond acceptors (Lipinski definition) is 6. The van der Waals surface area contributed by atoms with E-state index in [0.29, 0.717) is 11.9 Å². The Morgan fingerprint density at radius 2 is 2.38 bits per heavy atom. The summed E-state index contributed by atoms with van der Waals surface area (Å²) in [7, 11) is 2.07. The van der Waals surface area contributed by atoms with Crippen molar-refractivity contribution in [3.05, 3.63) is 6.20 Å². The van der Waals surface area contributed by atoms with Crippen molar-refractivity contribution in [3.63, 3.8) is 0 Å². The van der Waals surface area contributed by atoms with Gasteiger partial charge in [0, 0.05) is 26.7 Å². The second kappa shape index (κ2) is 6.26. The van der Waals surface area contributed by atoms with Crippen molar-refractivity contribution in [2.75, 3.05) is 43.6 Å². The monoisotopic (exact) mass is 290 g/mol. The molecule has 0 saturated carbocycles. The molecule has 0 radical (unpaired) electrons.